The van der Waals surface area contributed by atoms with Crippen molar-refractivity contribution in [3.05, 3.63) is 29.8 Å². The molecule has 20 heavy (non-hydrogen) atoms. The van der Waals surface area contributed by atoms with Crippen LogP contribution in [0.25, 0.3) is 0 Å². The lowest BCUT2D eigenvalue weighted by molar-refractivity contribution is -0.0801. The van der Waals surface area contributed by atoms with Gasteiger partial charge in [0.1, 0.15) is 0 Å². The molecule has 0 aromatic heterocycles. The molecular weight excluding hydrogens is 266 g/mol. The lowest BCUT2D eigenvalue weighted by atomic mass is 9.78. The van der Waals surface area contributed by atoms with Crippen LogP contribution >= 0.6 is 0 Å². The topological polar surface area (TPSA) is 41.5 Å². The van der Waals surface area contributed by atoms with Gasteiger partial charge in [-0.25, -0.2) is 0 Å². The van der Waals surface area contributed by atoms with E-state index in [-0.39, 0.29) is 12.1 Å². The summed E-state index contributed by atoms with van der Waals surface area (Å²) in [6.45, 7) is 8.47. The fraction of sp³-hybridized carbons (Fsp3) is 0.625. The third kappa shape index (κ3) is 2.70. The van der Waals surface area contributed by atoms with Crippen molar-refractivity contribution in [2.75, 3.05) is 13.2 Å². The summed E-state index contributed by atoms with van der Waals surface area (Å²) in [7, 11) is -1.34. The molecule has 2 fully saturated rings. The first-order valence-electron chi connectivity index (χ1n) is 7.54. The number of fused-ring (bicyclic) bond motifs is 2. The number of hydrogen-bond donors (Lipinski definition) is 2. The number of benzene rings is 1. The first kappa shape index (κ1) is 14.3. The van der Waals surface area contributed by atoms with Crippen molar-refractivity contribution in [2.24, 2.45) is 0 Å². The minimum atomic E-state index is -1.34. The third-order valence-electron chi connectivity index (χ3n) is 4.54. The van der Waals surface area contributed by atoms with Gasteiger partial charge in [-0.3, -0.25) is 0 Å². The number of nitrogens with one attached hydrogen (secondary N) is 1. The molecule has 0 saturated carbocycles. The minimum Gasteiger partial charge on any atom is -0.385 e. The van der Waals surface area contributed by atoms with Gasteiger partial charge in [0.05, 0.1) is 26.9 Å². The van der Waals surface area contributed by atoms with E-state index in [1.165, 1.54) is 5.19 Å². The standard InChI is InChI=1S/C16H25NO2Si/c1-20(2,3)15-6-4-5-12(7-15)16(18)8-13-10-19-11-14(9-16)17-13/h4-7,13-14,17-18H,8-11H2,1-3H3. The molecule has 0 spiro atoms. The highest BCUT2D eigenvalue weighted by molar-refractivity contribution is 6.88. The number of aliphatic hydroxyl groups is 1. The van der Waals surface area contributed by atoms with Crippen LogP contribution in [0.15, 0.2) is 24.3 Å². The Bertz CT molecular complexity index is 485. The summed E-state index contributed by atoms with van der Waals surface area (Å²) in [5.74, 6) is 0. The fourth-order valence-electron chi connectivity index (χ4n) is 3.43. The number of piperidine rings is 1. The zero-order valence-electron chi connectivity index (χ0n) is 12.6. The van der Waals surface area contributed by atoms with E-state index in [4.69, 9.17) is 4.74 Å². The van der Waals surface area contributed by atoms with Crippen LogP contribution in [0.4, 0.5) is 0 Å². The maximum atomic E-state index is 11.2. The molecule has 2 unspecified atom stereocenters. The Morgan fingerprint density at radius 3 is 2.45 bits per heavy atom. The zero-order valence-corrected chi connectivity index (χ0v) is 13.6. The van der Waals surface area contributed by atoms with E-state index in [0.717, 1.165) is 18.4 Å². The average molecular weight is 291 g/mol. The predicted octanol–water partition coefficient (Wildman–Crippen LogP) is 1.57. The van der Waals surface area contributed by atoms with Crippen LogP contribution < -0.4 is 10.5 Å². The van der Waals surface area contributed by atoms with Crippen molar-refractivity contribution in [1.82, 2.24) is 5.32 Å². The highest BCUT2D eigenvalue weighted by Crippen LogP contribution is 2.36. The molecule has 2 aliphatic heterocycles. The molecule has 2 saturated heterocycles. The van der Waals surface area contributed by atoms with E-state index < -0.39 is 13.7 Å². The Balaban J connectivity index is 1.91. The van der Waals surface area contributed by atoms with E-state index in [1.54, 1.807) is 0 Å². The van der Waals surface area contributed by atoms with Gasteiger partial charge in [0.2, 0.25) is 0 Å². The summed E-state index contributed by atoms with van der Waals surface area (Å²) >= 11 is 0. The zero-order chi connectivity index (χ0) is 14.4. The molecule has 4 heteroatoms. The van der Waals surface area contributed by atoms with Crippen LogP contribution in [0.2, 0.25) is 19.6 Å². The Labute approximate surface area is 122 Å². The summed E-state index contributed by atoms with van der Waals surface area (Å²) in [6.07, 6.45) is 1.50. The quantitative estimate of drug-likeness (QED) is 0.813. The highest BCUT2D eigenvalue weighted by atomic mass is 28.3. The third-order valence-corrected chi connectivity index (χ3v) is 6.59. The van der Waals surface area contributed by atoms with Gasteiger partial charge < -0.3 is 15.2 Å². The van der Waals surface area contributed by atoms with Crippen LogP contribution in [0, 0.1) is 0 Å². The molecular formula is C16H25NO2Si. The minimum absolute atomic E-state index is 0.281. The van der Waals surface area contributed by atoms with Crippen molar-refractivity contribution in [3.8, 4) is 0 Å². The lowest BCUT2D eigenvalue weighted by Crippen LogP contribution is -2.58. The van der Waals surface area contributed by atoms with Crippen LogP contribution in [0.1, 0.15) is 18.4 Å². The van der Waals surface area contributed by atoms with Crippen molar-refractivity contribution >= 4 is 13.3 Å². The second-order valence-corrected chi connectivity index (χ2v) is 12.4. The molecule has 0 aliphatic carbocycles. The summed E-state index contributed by atoms with van der Waals surface area (Å²) in [5.41, 5.74) is 0.399. The first-order chi connectivity index (χ1) is 9.37. The number of ether oxygens (including phenoxy) is 1. The van der Waals surface area contributed by atoms with Crippen LogP contribution in [-0.4, -0.2) is 38.5 Å². The summed E-state index contributed by atoms with van der Waals surface area (Å²) in [6, 6.07) is 9.21. The van der Waals surface area contributed by atoms with Gasteiger partial charge in [-0.2, -0.15) is 0 Å². The maximum Gasteiger partial charge on any atom is 0.0927 e. The Morgan fingerprint density at radius 1 is 1.20 bits per heavy atom. The normalized spacial score (nSPS) is 34.0. The first-order valence-corrected chi connectivity index (χ1v) is 11.0. The molecule has 0 amide bonds. The van der Waals surface area contributed by atoms with Gasteiger partial charge in [0.15, 0.2) is 0 Å². The largest absolute Gasteiger partial charge is 0.385 e. The van der Waals surface area contributed by atoms with E-state index in [9.17, 15) is 5.11 Å². The van der Waals surface area contributed by atoms with Crippen LogP contribution in [-0.2, 0) is 10.3 Å². The second-order valence-electron chi connectivity index (χ2n) is 7.37. The van der Waals surface area contributed by atoms with Crippen molar-refractivity contribution in [2.45, 2.75) is 50.2 Å². The SMILES string of the molecule is C[Si](C)(C)c1cccc(C2(O)CC3COCC(C2)N3)c1. The molecule has 1 aromatic rings. The average Bonchev–Trinajstić information content (AvgIpc) is 2.37. The molecule has 2 atom stereocenters. The predicted molar refractivity (Wildman–Crippen MR) is 84.1 cm³/mol. The van der Waals surface area contributed by atoms with Gasteiger partial charge in [-0.15, -0.1) is 0 Å². The van der Waals surface area contributed by atoms with Crippen molar-refractivity contribution in [1.29, 1.82) is 0 Å². The molecule has 2 bridgehead atoms. The van der Waals surface area contributed by atoms with Crippen LogP contribution in [0.3, 0.4) is 0 Å². The summed E-state index contributed by atoms with van der Waals surface area (Å²) < 4.78 is 5.58. The molecule has 1 aromatic carbocycles. The van der Waals surface area contributed by atoms with E-state index in [2.05, 4.69) is 49.2 Å². The molecule has 110 valence electrons. The second kappa shape index (κ2) is 4.95. The Morgan fingerprint density at radius 2 is 1.85 bits per heavy atom. The van der Waals surface area contributed by atoms with Crippen LogP contribution in [0.5, 0.6) is 0 Å². The number of hydrogen-bond acceptors (Lipinski definition) is 3. The van der Waals surface area contributed by atoms with Gasteiger partial charge >= 0.3 is 0 Å². The fourth-order valence-corrected chi connectivity index (χ4v) is 4.61. The molecule has 3 nitrogen and oxygen atoms in total. The Kier molecular flexibility index (Phi) is 3.53. The van der Waals surface area contributed by atoms with E-state index in [0.29, 0.717) is 13.2 Å². The summed E-state index contributed by atoms with van der Waals surface area (Å²) in [4.78, 5) is 0. The van der Waals surface area contributed by atoms with Gasteiger partial charge in [-0.1, -0.05) is 49.1 Å². The van der Waals surface area contributed by atoms with Gasteiger partial charge in [0.25, 0.3) is 0 Å². The molecule has 2 heterocycles. The number of rotatable bonds is 2. The smallest absolute Gasteiger partial charge is 0.0927 e. The highest BCUT2D eigenvalue weighted by Gasteiger charge is 2.42. The molecule has 2 aliphatic rings. The molecule has 0 radical (unpaired) electrons. The van der Waals surface area contributed by atoms with E-state index in [1.807, 2.05) is 0 Å². The molecule has 2 N–H and O–H groups in total. The monoisotopic (exact) mass is 291 g/mol. The van der Waals surface area contributed by atoms with Gasteiger partial charge in [0, 0.05) is 12.1 Å². The maximum absolute atomic E-state index is 11.2. The Hall–Kier alpha value is -0.683. The van der Waals surface area contributed by atoms with Gasteiger partial charge in [-0.05, 0) is 18.4 Å². The number of morpholine rings is 1. The van der Waals surface area contributed by atoms with E-state index >= 15 is 0 Å². The lowest BCUT2D eigenvalue weighted by Gasteiger charge is -2.45. The van der Waals surface area contributed by atoms with Crippen molar-refractivity contribution < 1.29 is 9.84 Å². The summed E-state index contributed by atoms with van der Waals surface area (Å²) in [5, 5.41) is 16.1. The molecule has 3 rings (SSSR count). The van der Waals surface area contributed by atoms with Crippen molar-refractivity contribution in [3.63, 3.8) is 0 Å².